The smallest absolute Gasteiger partial charge is 0.0752 e. The van der Waals surface area contributed by atoms with E-state index in [1.54, 1.807) is 0 Å². The molecule has 1 rings (SSSR count). The first-order valence-corrected chi connectivity index (χ1v) is 4.00. The van der Waals surface area contributed by atoms with Crippen LogP contribution in [0.4, 0.5) is 0 Å². The van der Waals surface area contributed by atoms with E-state index in [2.05, 4.69) is 11.9 Å². The van der Waals surface area contributed by atoms with E-state index < -0.39 is 0 Å². The lowest BCUT2D eigenvalue weighted by Gasteiger charge is -2.32. The summed E-state index contributed by atoms with van der Waals surface area (Å²) in [6, 6.07) is 0.904. The molecule has 1 N–H and O–H groups in total. The fourth-order valence-corrected chi connectivity index (χ4v) is 1.61. The molecule has 0 bridgehead atoms. The second-order valence-corrected chi connectivity index (χ2v) is 3.14. The van der Waals surface area contributed by atoms with Crippen LogP contribution in [0.1, 0.15) is 19.8 Å². The maximum atomic E-state index is 3.37. The van der Waals surface area contributed by atoms with Crippen LogP contribution in [0.3, 0.4) is 0 Å². The van der Waals surface area contributed by atoms with Crippen LogP contribution in [-0.2, 0) is 0 Å². The molecule has 0 aromatic heterocycles. The van der Waals surface area contributed by atoms with Crippen molar-refractivity contribution >= 4 is 10.4 Å². The van der Waals surface area contributed by atoms with Crippen molar-refractivity contribution in [3.63, 3.8) is 0 Å². The maximum absolute atomic E-state index is 3.37. The average Bonchev–Trinajstić information content (AvgIpc) is 1.58. The Morgan fingerprint density at radius 1 is 1.57 bits per heavy atom. The Kier molecular flexibility index (Phi) is 1.49. The second-order valence-electron chi connectivity index (χ2n) is 2.56. The Morgan fingerprint density at radius 3 is 2.29 bits per heavy atom. The number of hydrogen-bond donors (Lipinski definition) is 1. The normalized spacial score (nSPS) is 40.7. The molecule has 0 aromatic rings. The molecule has 42 valence electrons. The lowest BCUT2D eigenvalue weighted by atomic mass is 9.83. The summed E-state index contributed by atoms with van der Waals surface area (Å²) in [4.78, 5) is 3.37. The van der Waals surface area contributed by atoms with E-state index in [0.717, 1.165) is 12.0 Å². The molecule has 0 unspecified atom stereocenters. The molecule has 1 fully saturated rings. The third-order valence-electron chi connectivity index (χ3n) is 1.78. The first kappa shape index (κ1) is 5.32. The van der Waals surface area contributed by atoms with Gasteiger partial charge in [-0.1, -0.05) is 6.92 Å². The van der Waals surface area contributed by atoms with Gasteiger partial charge in [0.2, 0.25) is 0 Å². The van der Waals surface area contributed by atoms with Crippen molar-refractivity contribution in [2.45, 2.75) is 25.8 Å². The zero-order valence-corrected chi connectivity index (χ0v) is 7.07. The monoisotopic (exact) mass is 115 g/mol. The molecule has 1 saturated carbocycles. The van der Waals surface area contributed by atoms with Gasteiger partial charge in [0.05, 0.1) is 10.4 Å². The predicted octanol–water partition coefficient (Wildman–Crippen LogP) is -0.345. The summed E-state index contributed by atoms with van der Waals surface area (Å²) in [5.41, 5.74) is 0. The molecule has 0 aliphatic heterocycles. The van der Waals surface area contributed by atoms with Gasteiger partial charge in [-0.2, -0.15) is 0 Å². The largest absolute Gasteiger partial charge is 0.343 e. The molecule has 0 spiro atoms. The maximum Gasteiger partial charge on any atom is 0.0752 e. The SMILES string of the molecule is CC1CC(N[SiH3])C1. The van der Waals surface area contributed by atoms with E-state index in [1.807, 2.05) is 0 Å². The Hall–Kier alpha value is 0.177. The van der Waals surface area contributed by atoms with Gasteiger partial charge in [0.15, 0.2) is 0 Å². The van der Waals surface area contributed by atoms with Gasteiger partial charge in [-0.15, -0.1) is 0 Å². The van der Waals surface area contributed by atoms with Crippen molar-refractivity contribution in [1.82, 2.24) is 4.98 Å². The van der Waals surface area contributed by atoms with Crippen molar-refractivity contribution < 1.29 is 0 Å². The number of nitrogens with one attached hydrogen (secondary N) is 1. The van der Waals surface area contributed by atoms with Crippen LogP contribution >= 0.6 is 0 Å². The molecule has 0 atom stereocenters. The number of rotatable bonds is 1. The summed E-state index contributed by atoms with van der Waals surface area (Å²) in [5.74, 6) is 1.01. The van der Waals surface area contributed by atoms with Crippen molar-refractivity contribution in [3.05, 3.63) is 0 Å². The lowest BCUT2D eigenvalue weighted by molar-refractivity contribution is 0.273. The Balaban J connectivity index is 2.06. The van der Waals surface area contributed by atoms with Crippen LogP contribution in [0.25, 0.3) is 0 Å². The average molecular weight is 115 g/mol. The van der Waals surface area contributed by atoms with Crippen LogP contribution < -0.4 is 4.98 Å². The van der Waals surface area contributed by atoms with Crippen LogP contribution in [0.2, 0.25) is 0 Å². The van der Waals surface area contributed by atoms with Gasteiger partial charge < -0.3 is 4.98 Å². The van der Waals surface area contributed by atoms with Crippen LogP contribution in [0, 0.1) is 5.92 Å². The third-order valence-corrected chi connectivity index (χ3v) is 2.60. The van der Waals surface area contributed by atoms with Crippen LogP contribution in [0.15, 0.2) is 0 Å². The quantitative estimate of drug-likeness (QED) is 0.461. The van der Waals surface area contributed by atoms with Gasteiger partial charge in [-0.05, 0) is 18.8 Å². The first-order valence-electron chi connectivity index (χ1n) is 3.00. The Morgan fingerprint density at radius 2 is 2.14 bits per heavy atom. The summed E-state index contributed by atoms with van der Waals surface area (Å²) in [6.07, 6.45) is 2.84. The van der Waals surface area contributed by atoms with Gasteiger partial charge in [-0.3, -0.25) is 0 Å². The molecule has 1 aliphatic rings. The van der Waals surface area contributed by atoms with Crippen LogP contribution in [-0.4, -0.2) is 16.4 Å². The van der Waals surface area contributed by atoms with Crippen molar-refractivity contribution in [2.75, 3.05) is 0 Å². The van der Waals surface area contributed by atoms with Crippen molar-refractivity contribution in [1.29, 1.82) is 0 Å². The fraction of sp³-hybridized carbons (Fsp3) is 1.00. The molecule has 0 heterocycles. The van der Waals surface area contributed by atoms with E-state index in [0.29, 0.717) is 0 Å². The third kappa shape index (κ3) is 1.04. The van der Waals surface area contributed by atoms with Gasteiger partial charge in [0.1, 0.15) is 0 Å². The summed E-state index contributed by atoms with van der Waals surface area (Å²) in [5, 5.41) is 0. The van der Waals surface area contributed by atoms with Gasteiger partial charge in [-0.25, -0.2) is 0 Å². The summed E-state index contributed by atoms with van der Waals surface area (Å²) in [7, 11) is 1.17. The first-order chi connectivity index (χ1) is 3.33. The molecule has 1 nitrogen and oxygen atoms in total. The van der Waals surface area contributed by atoms with E-state index in [-0.39, 0.29) is 0 Å². The molecule has 0 saturated heterocycles. The van der Waals surface area contributed by atoms with E-state index in [9.17, 15) is 0 Å². The summed E-state index contributed by atoms with van der Waals surface area (Å²) in [6.45, 7) is 2.31. The van der Waals surface area contributed by atoms with E-state index in [4.69, 9.17) is 0 Å². The fourth-order valence-electron chi connectivity index (χ4n) is 1.14. The Labute approximate surface area is 48.0 Å². The Bertz CT molecular complexity index is 59.1. The topological polar surface area (TPSA) is 12.0 Å². The molecule has 7 heavy (non-hydrogen) atoms. The molecule has 2 heteroatoms. The molecule has 1 aliphatic carbocycles. The highest BCUT2D eigenvalue weighted by Gasteiger charge is 2.22. The molecular weight excluding hydrogens is 102 g/mol. The van der Waals surface area contributed by atoms with Crippen LogP contribution in [0.5, 0.6) is 0 Å². The predicted molar refractivity (Wildman–Crippen MR) is 35.3 cm³/mol. The lowest BCUT2D eigenvalue weighted by Crippen LogP contribution is -2.38. The summed E-state index contributed by atoms with van der Waals surface area (Å²) >= 11 is 0. The van der Waals surface area contributed by atoms with E-state index in [1.165, 1.54) is 23.2 Å². The highest BCUT2D eigenvalue weighted by molar-refractivity contribution is 6.04. The van der Waals surface area contributed by atoms with Crippen molar-refractivity contribution in [3.8, 4) is 0 Å². The minimum absolute atomic E-state index is 0.904. The van der Waals surface area contributed by atoms with E-state index >= 15 is 0 Å². The molecule has 0 aromatic carbocycles. The molecule has 0 amide bonds. The number of hydrogen-bond acceptors (Lipinski definition) is 1. The second kappa shape index (κ2) is 1.97. The highest BCUT2D eigenvalue weighted by atomic mass is 28.2. The minimum Gasteiger partial charge on any atom is -0.343 e. The minimum atomic E-state index is 0.904. The van der Waals surface area contributed by atoms with Gasteiger partial charge in [0.25, 0.3) is 0 Å². The zero-order chi connectivity index (χ0) is 5.28. The van der Waals surface area contributed by atoms with Gasteiger partial charge in [0, 0.05) is 6.04 Å². The highest BCUT2D eigenvalue weighted by Crippen LogP contribution is 2.25. The molecule has 0 radical (unpaired) electrons. The standard InChI is InChI=1S/C5H13NSi/c1-4-2-5(3-4)6-7/h4-6H,2-3H2,1,7H3. The summed E-state index contributed by atoms with van der Waals surface area (Å²) < 4.78 is 0. The zero-order valence-electron chi connectivity index (χ0n) is 5.07. The van der Waals surface area contributed by atoms with Crippen molar-refractivity contribution in [2.24, 2.45) is 5.92 Å². The molecular formula is C5H13NSi. The van der Waals surface area contributed by atoms with Gasteiger partial charge >= 0.3 is 0 Å².